The molecule has 0 unspecified atom stereocenters. The van der Waals surface area contributed by atoms with Crippen LogP contribution in [0.15, 0.2) is 35.2 Å². The zero-order valence-electron chi connectivity index (χ0n) is 11.4. The van der Waals surface area contributed by atoms with Gasteiger partial charge < -0.3 is 10.1 Å². The number of hydrogen-bond acceptors (Lipinski definition) is 4. The molecule has 1 rings (SSSR count). The Labute approximate surface area is 117 Å². The van der Waals surface area contributed by atoms with Crippen LogP contribution in [-0.4, -0.2) is 29.8 Å². The molecular weight excluding hydrogens is 262 g/mol. The standard InChI is InChI=1S/C14H19NO3S/c1-10(2)15-14(17)11(3)18-13(16)9-19-12-7-5-4-6-8-12/h4-8,10-11H,9H2,1-3H3,(H,15,17)/t11-/m1/s1. The van der Waals surface area contributed by atoms with Crippen molar-refractivity contribution in [3.05, 3.63) is 30.3 Å². The predicted octanol–water partition coefficient (Wildman–Crippen LogP) is 2.23. The third-order valence-electron chi connectivity index (χ3n) is 2.21. The smallest absolute Gasteiger partial charge is 0.317 e. The van der Waals surface area contributed by atoms with Gasteiger partial charge in [-0.1, -0.05) is 18.2 Å². The summed E-state index contributed by atoms with van der Waals surface area (Å²) >= 11 is 1.39. The SMILES string of the molecule is CC(C)NC(=O)[C@@H](C)OC(=O)CSc1ccccc1. The van der Waals surface area contributed by atoms with Gasteiger partial charge in [0.05, 0.1) is 5.75 Å². The first-order chi connectivity index (χ1) is 8.99. The van der Waals surface area contributed by atoms with Gasteiger partial charge in [0.25, 0.3) is 5.91 Å². The van der Waals surface area contributed by atoms with Crippen LogP contribution >= 0.6 is 11.8 Å². The second kappa shape index (κ2) is 7.84. The maximum atomic E-state index is 11.6. The summed E-state index contributed by atoms with van der Waals surface area (Å²) in [4.78, 5) is 24.2. The van der Waals surface area contributed by atoms with Gasteiger partial charge in [-0.3, -0.25) is 9.59 Å². The summed E-state index contributed by atoms with van der Waals surface area (Å²) in [5.41, 5.74) is 0. The normalized spacial score (nSPS) is 12.0. The van der Waals surface area contributed by atoms with Crippen LogP contribution in [0.1, 0.15) is 20.8 Å². The Bertz CT molecular complexity index is 420. The molecule has 0 aliphatic carbocycles. The second-order valence-corrected chi connectivity index (χ2v) is 5.45. The van der Waals surface area contributed by atoms with E-state index in [1.165, 1.54) is 11.8 Å². The Balaban J connectivity index is 2.33. The van der Waals surface area contributed by atoms with E-state index in [9.17, 15) is 9.59 Å². The highest BCUT2D eigenvalue weighted by molar-refractivity contribution is 8.00. The number of benzene rings is 1. The van der Waals surface area contributed by atoms with E-state index in [4.69, 9.17) is 4.74 Å². The first-order valence-corrected chi connectivity index (χ1v) is 7.15. The molecule has 0 heterocycles. The molecule has 0 saturated heterocycles. The number of ether oxygens (including phenoxy) is 1. The van der Waals surface area contributed by atoms with Crippen molar-refractivity contribution in [2.45, 2.75) is 37.8 Å². The summed E-state index contributed by atoms with van der Waals surface area (Å²) < 4.78 is 5.06. The van der Waals surface area contributed by atoms with Gasteiger partial charge in [-0.05, 0) is 32.9 Å². The van der Waals surface area contributed by atoms with Gasteiger partial charge >= 0.3 is 5.97 Å². The lowest BCUT2D eigenvalue weighted by Gasteiger charge is -2.15. The Morgan fingerprint density at radius 2 is 1.84 bits per heavy atom. The van der Waals surface area contributed by atoms with Crippen LogP contribution in [0.2, 0.25) is 0 Å². The monoisotopic (exact) mass is 281 g/mol. The van der Waals surface area contributed by atoms with E-state index in [0.29, 0.717) is 0 Å². The fourth-order valence-corrected chi connectivity index (χ4v) is 2.05. The quantitative estimate of drug-likeness (QED) is 0.642. The van der Waals surface area contributed by atoms with Crippen molar-refractivity contribution < 1.29 is 14.3 Å². The Morgan fingerprint density at radius 3 is 2.42 bits per heavy atom. The van der Waals surface area contributed by atoms with Gasteiger partial charge in [0, 0.05) is 10.9 Å². The van der Waals surface area contributed by atoms with Crippen LogP contribution in [0.25, 0.3) is 0 Å². The Morgan fingerprint density at radius 1 is 1.21 bits per heavy atom. The number of rotatable bonds is 6. The maximum absolute atomic E-state index is 11.6. The highest BCUT2D eigenvalue weighted by Crippen LogP contribution is 2.17. The average Bonchev–Trinajstić information content (AvgIpc) is 2.36. The van der Waals surface area contributed by atoms with Crippen molar-refractivity contribution in [3.63, 3.8) is 0 Å². The largest absolute Gasteiger partial charge is 0.452 e. The van der Waals surface area contributed by atoms with E-state index < -0.39 is 6.10 Å². The van der Waals surface area contributed by atoms with Gasteiger partial charge in [0.2, 0.25) is 0 Å². The third kappa shape index (κ3) is 6.29. The number of carbonyl (C=O) groups excluding carboxylic acids is 2. The molecule has 1 N–H and O–H groups in total. The van der Waals surface area contributed by atoms with E-state index in [2.05, 4.69) is 5.32 Å². The topological polar surface area (TPSA) is 55.4 Å². The van der Waals surface area contributed by atoms with Crippen LogP contribution in [-0.2, 0) is 14.3 Å². The molecule has 0 aliphatic rings. The molecule has 104 valence electrons. The van der Waals surface area contributed by atoms with E-state index in [-0.39, 0.29) is 23.7 Å². The van der Waals surface area contributed by atoms with Gasteiger partial charge in [-0.2, -0.15) is 0 Å². The van der Waals surface area contributed by atoms with Crippen molar-refractivity contribution >= 4 is 23.6 Å². The number of thioether (sulfide) groups is 1. The van der Waals surface area contributed by atoms with E-state index in [1.807, 2.05) is 44.2 Å². The number of carbonyl (C=O) groups is 2. The van der Waals surface area contributed by atoms with Crippen molar-refractivity contribution in [3.8, 4) is 0 Å². The molecule has 1 aromatic carbocycles. The van der Waals surface area contributed by atoms with Crippen LogP contribution in [0, 0.1) is 0 Å². The minimum atomic E-state index is -0.758. The summed E-state index contributed by atoms with van der Waals surface area (Å²) in [6, 6.07) is 9.62. The first kappa shape index (κ1) is 15.6. The minimum absolute atomic E-state index is 0.0346. The molecular formula is C14H19NO3S. The number of amides is 1. The van der Waals surface area contributed by atoms with Crippen molar-refractivity contribution in [2.75, 3.05) is 5.75 Å². The lowest BCUT2D eigenvalue weighted by molar-refractivity contribution is -0.152. The zero-order valence-corrected chi connectivity index (χ0v) is 12.2. The van der Waals surface area contributed by atoms with Crippen LogP contribution in [0.3, 0.4) is 0 Å². The molecule has 1 atom stereocenters. The van der Waals surface area contributed by atoms with E-state index in [0.717, 1.165) is 4.90 Å². The van der Waals surface area contributed by atoms with Crippen molar-refractivity contribution in [1.82, 2.24) is 5.32 Å². The summed E-state index contributed by atoms with van der Waals surface area (Å²) in [6.45, 7) is 5.29. The molecule has 0 spiro atoms. The summed E-state index contributed by atoms with van der Waals surface area (Å²) in [7, 11) is 0. The van der Waals surface area contributed by atoms with Crippen LogP contribution < -0.4 is 5.32 Å². The number of nitrogens with one attached hydrogen (secondary N) is 1. The second-order valence-electron chi connectivity index (χ2n) is 4.40. The van der Waals surface area contributed by atoms with Gasteiger partial charge in [0.15, 0.2) is 6.10 Å². The van der Waals surface area contributed by atoms with Gasteiger partial charge in [-0.25, -0.2) is 0 Å². The average molecular weight is 281 g/mol. The number of hydrogen-bond donors (Lipinski definition) is 1. The maximum Gasteiger partial charge on any atom is 0.317 e. The third-order valence-corrected chi connectivity index (χ3v) is 3.19. The van der Waals surface area contributed by atoms with E-state index >= 15 is 0 Å². The Kier molecular flexibility index (Phi) is 6.42. The molecule has 0 saturated carbocycles. The van der Waals surface area contributed by atoms with Gasteiger partial charge in [0.1, 0.15) is 0 Å². The number of esters is 1. The molecule has 4 nitrogen and oxygen atoms in total. The molecule has 0 fully saturated rings. The fraction of sp³-hybridized carbons (Fsp3) is 0.429. The molecule has 5 heteroatoms. The molecule has 19 heavy (non-hydrogen) atoms. The van der Waals surface area contributed by atoms with Crippen molar-refractivity contribution in [2.24, 2.45) is 0 Å². The minimum Gasteiger partial charge on any atom is -0.452 e. The molecule has 0 aliphatic heterocycles. The highest BCUT2D eigenvalue weighted by atomic mass is 32.2. The fourth-order valence-electron chi connectivity index (χ4n) is 1.35. The summed E-state index contributed by atoms with van der Waals surface area (Å²) in [5, 5.41) is 2.70. The molecule has 0 aromatic heterocycles. The zero-order chi connectivity index (χ0) is 14.3. The lowest BCUT2D eigenvalue weighted by Crippen LogP contribution is -2.39. The van der Waals surface area contributed by atoms with Crippen LogP contribution in [0.5, 0.6) is 0 Å². The summed E-state index contributed by atoms with van der Waals surface area (Å²) in [5.74, 6) is -0.461. The van der Waals surface area contributed by atoms with E-state index in [1.54, 1.807) is 6.92 Å². The lowest BCUT2D eigenvalue weighted by atomic mass is 10.3. The molecule has 0 radical (unpaired) electrons. The molecule has 1 aromatic rings. The van der Waals surface area contributed by atoms with Gasteiger partial charge in [-0.15, -0.1) is 11.8 Å². The molecule has 0 bridgehead atoms. The van der Waals surface area contributed by atoms with Crippen LogP contribution in [0.4, 0.5) is 0 Å². The predicted molar refractivity (Wildman–Crippen MR) is 76.0 cm³/mol. The first-order valence-electron chi connectivity index (χ1n) is 6.16. The Hall–Kier alpha value is -1.49. The highest BCUT2D eigenvalue weighted by Gasteiger charge is 2.18. The summed E-state index contributed by atoms with van der Waals surface area (Å²) in [6.07, 6.45) is -0.758. The van der Waals surface area contributed by atoms with Crippen molar-refractivity contribution in [1.29, 1.82) is 0 Å². The molecule has 1 amide bonds.